The molecule has 0 heterocycles. The average molecular weight is 176 g/mol. The van der Waals surface area contributed by atoms with Gasteiger partial charge >= 0.3 is 0 Å². The molecular weight excluding hydrogens is 160 g/mol. The van der Waals surface area contributed by atoms with Crippen molar-refractivity contribution in [3.63, 3.8) is 0 Å². The van der Waals surface area contributed by atoms with Crippen LogP contribution < -0.4 is 0 Å². The SMILES string of the molecule is C=Cc1c(C)c(C)c(O)c(C)c1C. The maximum Gasteiger partial charge on any atom is 0.121 e. The molecule has 0 aromatic heterocycles. The third-order valence-electron chi connectivity index (χ3n) is 2.85. The molecule has 0 saturated heterocycles. The molecular formula is C12H16O. The van der Waals surface area contributed by atoms with Gasteiger partial charge in [-0.05, 0) is 55.5 Å². The average Bonchev–Trinajstić information content (AvgIpc) is 2.13. The van der Waals surface area contributed by atoms with Crippen LogP contribution in [0.1, 0.15) is 27.8 Å². The van der Waals surface area contributed by atoms with E-state index in [-0.39, 0.29) is 0 Å². The number of benzene rings is 1. The highest BCUT2D eigenvalue weighted by molar-refractivity contribution is 5.64. The molecule has 1 heteroatoms. The highest BCUT2D eigenvalue weighted by Crippen LogP contribution is 2.31. The van der Waals surface area contributed by atoms with E-state index in [1.807, 2.05) is 33.8 Å². The zero-order chi connectivity index (χ0) is 10.2. The predicted molar refractivity (Wildman–Crippen MR) is 57.1 cm³/mol. The van der Waals surface area contributed by atoms with Gasteiger partial charge in [-0.25, -0.2) is 0 Å². The molecule has 0 aliphatic heterocycles. The third kappa shape index (κ3) is 1.35. The Bertz CT molecular complexity index is 333. The summed E-state index contributed by atoms with van der Waals surface area (Å²) in [6, 6.07) is 0. The van der Waals surface area contributed by atoms with E-state index in [9.17, 15) is 5.11 Å². The molecule has 0 amide bonds. The smallest absolute Gasteiger partial charge is 0.121 e. The van der Waals surface area contributed by atoms with Crippen LogP contribution in [0, 0.1) is 27.7 Å². The summed E-state index contributed by atoms with van der Waals surface area (Å²) in [4.78, 5) is 0. The molecule has 0 unspecified atom stereocenters. The van der Waals surface area contributed by atoms with Gasteiger partial charge < -0.3 is 5.11 Å². The predicted octanol–water partition coefficient (Wildman–Crippen LogP) is 3.27. The lowest BCUT2D eigenvalue weighted by molar-refractivity contribution is 0.465. The van der Waals surface area contributed by atoms with Crippen molar-refractivity contribution in [1.82, 2.24) is 0 Å². The summed E-state index contributed by atoms with van der Waals surface area (Å²) in [5.41, 5.74) is 5.30. The molecule has 13 heavy (non-hydrogen) atoms. The van der Waals surface area contributed by atoms with E-state index in [1.54, 1.807) is 0 Å². The van der Waals surface area contributed by atoms with E-state index >= 15 is 0 Å². The monoisotopic (exact) mass is 176 g/mol. The number of hydrogen-bond acceptors (Lipinski definition) is 1. The Morgan fingerprint density at radius 1 is 0.923 bits per heavy atom. The molecule has 1 rings (SSSR count). The van der Waals surface area contributed by atoms with Crippen molar-refractivity contribution >= 4 is 6.08 Å². The first-order chi connectivity index (χ1) is 6.00. The van der Waals surface area contributed by atoms with Gasteiger partial charge in [-0.1, -0.05) is 12.7 Å². The molecule has 0 atom stereocenters. The van der Waals surface area contributed by atoms with Crippen molar-refractivity contribution in [1.29, 1.82) is 0 Å². The van der Waals surface area contributed by atoms with Crippen molar-refractivity contribution in [2.45, 2.75) is 27.7 Å². The van der Waals surface area contributed by atoms with Crippen LogP contribution >= 0.6 is 0 Å². The molecule has 0 spiro atoms. The Kier molecular flexibility index (Phi) is 2.46. The molecule has 70 valence electrons. The van der Waals surface area contributed by atoms with E-state index in [4.69, 9.17) is 0 Å². The van der Waals surface area contributed by atoms with Crippen LogP contribution in [0.3, 0.4) is 0 Å². The number of aromatic hydroxyl groups is 1. The summed E-state index contributed by atoms with van der Waals surface area (Å²) >= 11 is 0. The lowest BCUT2D eigenvalue weighted by Crippen LogP contribution is -1.95. The molecule has 0 fully saturated rings. The Morgan fingerprint density at radius 3 is 1.62 bits per heavy atom. The fourth-order valence-corrected chi connectivity index (χ4v) is 1.63. The van der Waals surface area contributed by atoms with Crippen LogP contribution in [0.15, 0.2) is 6.58 Å². The van der Waals surface area contributed by atoms with Crippen molar-refractivity contribution in [3.05, 3.63) is 34.4 Å². The normalized spacial score (nSPS) is 10.2. The number of phenolic OH excluding ortho intramolecular Hbond substituents is 1. The summed E-state index contributed by atoms with van der Waals surface area (Å²) in [7, 11) is 0. The number of hydrogen-bond donors (Lipinski definition) is 1. The van der Waals surface area contributed by atoms with Crippen LogP contribution in [-0.4, -0.2) is 5.11 Å². The van der Waals surface area contributed by atoms with E-state index in [0.29, 0.717) is 5.75 Å². The molecule has 0 radical (unpaired) electrons. The second-order valence-corrected chi connectivity index (χ2v) is 3.47. The Hall–Kier alpha value is -1.24. The second kappa shape index (κ2) is 3.25. The number of phenols is 1. The van der Waals surface area contributed by atoms with Gasteiger partial charge in [-0.2, -0.15) is 0 Å². The van der Waals surface area contributed by atoms with E-state index in [2.05, 4.69) is 6.58 Å². The molecule has 1 aromatic rings. The fourth-order valence-electron chi connectivity index (χ4n) is 1.63. The zero-order valence-corrected chi connectivity index (χ0v) is 8.73. The topological polar surface area (TPSA) is 20.2 Å². The van der Waals surface area contributed by atoms with Crippen molar-refractivity contribution in [3.8, 4) is 5.75 Å². The minimum atomic E-state index is 0.417. The summed E-state index contributed by atoms with van der Waals surface area (Å²) in [6.07, 6.45) is 1.85. The second-order valence-electron chi connectivity index (χ2n) is 3.47. The molecule has 0 aliphatic rings. The molecule has 1 N–H and O–H groups in total. The van der Waals surface area contributed by atoms with Crippen molar-refractivity contribution in [2.24, 2.45) is 0 Å². The summed E-state index contributed by atoms with van der Waals surface area (Å²) < 4.78 is 0. The van der Waals surface area contributed by atoms with E-state index < -0.39 is 0 Å². The zero-order valence-electron chi connectivity index (χ0n) is 8.73. The van der Waals surface area contributed by atoms with E-state index in [0.717, 1.165) is 27.8 Å². The van der Waals surface area contributed by atoms with E-state index in [1.165, 1.54) is 0 Å². The van der Waals surface area contributed by atoms with Crippen LogP contribution in [0.25, 0.3) is 6.08 Å². The van der Waals surface area contributed by atoms with Crippen LogP contribution in [0.4, 0.5) is 0 Å². The third-order valence-corrected chi connectivity index (χ3v) is 2.85. The van der Waals surface area contributed by atoms with Gasteiger partial charge in [0.1, 0.15) is 5.75 Å². The van der Waals surface area contributed by atoms with Gasteiger partial charge in [0.15, 0.2) is 0 Å². The van der Waals surface area contributed by atoms with Crippen molar-refractivity contribution < 1.29 is 5.11 Å². The lowest BCUT2D eigenvalue weighted by atomic mass is 9.93. The number of rotatable bonds is 1. The summed E-state index contributed by atoms with van der Waals surface area (Å²) in [5, 5.41) is 9.75. The maximum atomic E-state index is 9.75. The Balaban J connectivity index is 3.66. The highest BCUT2D eigenvalue weighted by Gasteiger charge is 2.11. The maximum absolute atomic E-state index is 9.75. The van der Waals surface area contributed by atoms with Crippen LogP contribution in [-0.2, 0) is 0 Å². The molecule has 0 aliphatic carbocycles. The van der Waals surface area contributed by atoms with Gasteiger partial charge in [0.05, 0.1) is 0 Å². The minimum Gasteiger partial charge on any atom is -0.507 e. The van der Waals surface area contributed by atoms with Gasteiger partial charge in [-0.15, -0.1) is 0 Å². The fraction of sp³-hybridized carbons (Fsp3) is 0.333. The summed E-state index contributed by atoms with van der Waals surface area (Å²) in [6.45, 7) is 11.7. The van der Waals surface area contributed by atoms with Crippen molar-refractivity contribution in [2.75, 3.05) is 0 Å². The van der Waals surface area contributed by atoms with Gasteiger partial charge in [0.25, 0.3) is 0 Å². The first kappa shape index (κ1) is 9.85. The quantitative estimate of drug-likeness (QED) is 0.696. The van der Waals surface area contributed by atoms with Gasteiger partial charge in [0.2, 0.25) is 0 Å². The molecule has 0 saturated carbocycles. The first-order valence-electron chi connectivity index (χ1n) is 4.42. The van der Waals surface area contributed by atoms with Crippen LogP contribution in [0.5, 0.6) is 5.75 Å². The molecule has 0 bridgehead atoms. The summed E-state index contributed by atoms with van der Waals surface area (Å²) in [5.74, 6) is 0.417. The minimum absolute atomic E-state index is 0.417. The van der Waals surface area contributed by atoms with Gasteiger partial charge in [-0.3, -0.25) is 0 Å². The highest BCUT2D eigenvalue weighted by atomic mass is 16.3. The lowest BCUT2D eigenvalue weighted by Gasteiger charge is -2.14. The van der Waals surface area contributed by atoms with Gasteiger partial charge in [0, 0.05) is 0 Å². The largest absolute Gasteiger partial charge is 0.507 e. The standard InChI is InChI=1S/C12H16O/c1-6-11-7(2)9(4)12(13)10(5)8(11)3/h6,13H,1H2,2-5H3. The Labute approximate surface area is 79.7 Å². The molecule has 1 aromatic carbocycles. The first-order valence-corrected chi connectivity index (χ1v) is 4.42. The molecule has 1 nitrogen and oxygen atoms in total. The van der Waals surface area contributed by atoms with Crippen LogP contribution in [0.2, 0.25) is 0 Å². The Morgan fingerprint density at radius 2 is 1.31 bits per heavy atom.